The molecule has 32 heavy (non-hydrogen) atoms. The van der Waals surface area contributed by atoms with Crippen molar-refractivity contribution in [3.63, 3.8) is 0 Å². The smallest absolute Gasteiger partial charge is 0.243 e. The molecule has 3 aromatic carbocycles. The lowest BCUT2D eigenvalue weighted by Crippen LogP contribution is -2.44. The Morgan fingerprint density at radius 1 is 1.03 bits per heavy atom. The first-order valence-electron chi connectivity index (χ1n) is 10.3. The fraction of sp³-hybridized carbons (Fsp3) is 0.200. The van der Waals surface area contributed by atoms with Crippen LogP contribution in [0.2, 0.25) is 0 Å². The van der Waals surface area contributed by atoms with Crippen molar-refractivity contribution in [2.45, 2.75) is 17.4 Å². The quantitative estimate of drug-likeness (QED) is 0.603. The van der Waals surface area contributed by atoms with Crippen LogP contribution in [0.25, 0.3) is 0 Å². The normalized spacial score (nSPS) is 15.8. The Kier molecular flexibility index (Phi) is 6.08. The van der Waals surface area contributed by atoms with E-state index in [-0.39, 0.29) is 23.3 Å². The Morgan fingerprint density at radius 2 is 1.69 bits per heavy atom. The van der Waals surface area contributed by atoms with E-state index < -0.39 is 10.0 Å². The largest absolute Gasteiger partial charge is 0.336 e. The van der Waals surface area contributed by atoms with Crippen LogP contribution in [0.15, 0.2) is 83.8 Å². The molecule has 1 heterocycles. The van der Waals surface area contributed by atoms with E-state index in [1.807, 2.05) is 42.5 Å². The van der Waals surface area contributed by atoms with E-state index in [4.69, 9.17) is 5.26 Å². The number of hydrogen-bond acceptors (Lipinski definition) is 4. The van der Waals surface area contributed by atoms with Gasteiger partial charge in [-0.25, -0.2) is 8.42 Å². The number of carbonyl (C=O) groups is 1. The molecule has 1 aliphatic rings. The van der Waals surface area contributed by atoms with Crippen molar-refractivity contribution in [1.29, 1.82) is 5.26 Å². The molecule has 3 aromatic rings. The summed E-state index contributed by atoms with van der Waals surface area (Å²) in [5.41, 5.74) is 3.76. The van der Waals surface area contributed by atoms with Crippen LogP contribution < -0.4 is 0 Å². The van der Waals surface area contributed by atoms with Gasteiger partial charge in [0.05, 0.1) is 23.1 Å². The van der Waals surface area contributed by atoms with Gasteiger partial charge in [-0.1, -0.05) is 54.6 Å². The van der Waals surface area contributed by atoms with Crippen LogP contribution >= 0.6 is 0 Å². The number of fused-ring (bicyclic) bond motifs is 1. The van der Waals surface area contributed by atoms with Crippen LogP contribution in [0, 0.1) is 11.3 Å². The summed E-state index contributed by atoms with van der Waals surface area (Å²) in [5.74, 6) is -0.217. The summed E-state index contributed by atoms with van der Waals surface area (Å²) < 4.78 is 26.9. The van der Waals surface area contributed by atoms with Crippen molar-refractivity contribution in [2.24, 2.45) is 0 Å². The predicted octanol–water partition coefficient (Wildman–Crippen LogP) is 3.35. The Labute approximate surface area is 188 Å². The molecule has 162 valence electrons. The highest BCUT2D eigenvalue weighted by Crippen LogP contribution is 2.33. The summed E-state index contributed by atoms with van der Waals surface area (Å²) >= 11 is 0. The van der Waals surface area contributed by atoms with Gasteiger partial charge in [-0.3, -0.25) is 4.79 Å². The minimum atomic E-state index is -3.85. The molecule has 0 fully saturated rings. The van der Waals surface area contributed by atoms with E-state index in [1.54, 1.807) is 4.90 Å². The molecule has 1 atom stereocenters. The number of benzene rings is 3. The van der Waals surface area contributed by atoms with Crippen molar-refractivity contribution in [2.75, 3.05) is 20.1 Å². The third-order valence-corrected chi connectivity index (χ3v) is 7.62. The Hall–Kier alpha value is -3.47. The van der Waals surface area contributed by atoms with Gasteiger partial charge in [0.25, 0.3) is 0 Å². The third-order valence-electron chi connectivity index (χ3n) is 5.80. The van der Waals surface area contributed by atoms with Crippen molar-refractivity contribution in [3.05, 3.63) is 101 Å². The van der Waals surface area contributed by atoms with Crippen LogP contribution in [-0.4, -0.2) is 43.7 Å². The standard InChI is InChI=1S/C25H23N3O3S/c1-27(32(30,31)22-13-11-19(15-26)12-14-22)18-25(29)28-16-21-9-5-6-10-23(21)24(17-28)20-7-3-2-4-8-20/h2-14,24H,16-18H2,1H3/t24-/m1/s1. The molecule has 1 amide bonds. The molecule has 0 saturated carbocycles. The zero-order valence-corrected chi connectivity index (χ0v) is 18.5. The summed E-state index contributed by atoms with van der Waals surface area (Å²) in [7, 11) is -2.45. The summed E-state index contributed by atoms with van der Waals surface area (Å²) in [6.07, 6.45) is 0. The molecule has 7 heteroatoms. The lowest BCUT2D eigenvalue weighted by Gasteiger charge is -2.35. The first kappa shape index (κ1) is 21.8. The van der Waals surface area contributed by atoms with Crippen LogP contribution in [0.4, 0.5) is 0 Å². The third kappa shape index (κ3) is 4.28. The van der Waals surface area contributed by atoms with Gasteiger partial charge < -0.3 is 4.90 Å². The highest BCUT2D eigenvalue weighted by Gasteiger charge is 2.31. The van der Waals surface area contributed by atoms with Crippen LogP contribution in [0.3, 0.4) is 0 Å². The number of amides is 1. The fourth-order valence-corrected chi connectivity index (χ4v) is 5.14. The van der Waals surface area contributed by atoms with Gasteiger partial charge in [0.15, 0.2) is 0 Å². The first-order valence-corrected chi connectivity index (χ1v) is 11.7. The van der Waals surface area contributed by atoms with Gasteiger partial charge in [0.2, 0.25) is 15.9 Å². The lowest BCUT2D eigenvalue weighted by atomic mass is 9.84. The van der Waals surface area contributed by atoms with Crippen LogP contribution in [0.1, 0.15) is 28.2 Å². The predicted molar refractivity (Wildman–Crippen MR) is 121 cm³/mol. The molecule has 0 bridgehead atoms. The summed E-state index contributed by atoms with van der Waals surface area (Å²) in [5, 5.41) is 8.92. The maximum Gasteiger partial charge on any atom is 0.243 e. The van der Waals surface area contributed by atoms with Crippen molar-refractivity contribution in [1.82, 2.24) is 9.21 Å². The summed E-state index contributed by atoms with van der Waals surface area (Å²) in [6, 6.07) is 25.7. The average Bonchev–Trinajstić information content (AvgIpc) is 2.83. The molecule has 0 aromatic heterocycles. The molecular formula is C25H23N3O3S. The number of likely N-dealkylation sites (N-methyl/N-ethyl adjacent to an activating group) is 1. The molecule has 1 aliphatic heterocycles. The topological polar surface area (TPSA) is 81.5 Å². The zero-order valence-electron chi connectivity index (χ0n) is 17.7. The molecule has 0 unspecified atom stereocenters. The summed E-state index contributed by atoms with van der Waals surface area (Å²) in [4.78, 5) is 14.9. The number of nitrogens with zero attached hydrogens (tertiary/aromatic N) is 3. The summed E-state index contributed by atoms with van der Waals surface area (Å²) in [6.45, 7) is 0.680. The van der Waals surface area contributed by atoms with Gasteiger partial charge in [-0.2, -0.15) is 9.57 Å². The van der Waals surface area contributed by atoms with Crippen molar-refractivity contribution in [3.8, 4) is 6.07 Å². The molecule has 4 rings (SSSR count). The second kappa shape index (κ2) is 8.95. The average molecular weight is 446 g/mol. The van der Waals surface area contributed by atoms with E-state index in [0.29, 0.717) is 18.7 Å². The molecular weight excluding hydrogens is 422 g/mol. The highest BCUT2D eigenvalue weighted by atomic mass is 32.2. The molecule has 0 radical (unpaired) electrons. The SMILES string of the molecule is CN(CC(=O)N1Cc2ccccc2[C@@H](c2ccccc2)C1)S(=O)(=O)c1ccc(C#N)cc1. The lowest BCUT2D eigenvalue weighted by molar-refractivity contribution is -0.132. The van der Waals surface area contributed by atoms with Gasteiger partial charge >= 0.3 is 0 Å². The minimum Gasteiger partial charge on any atom is -0.336 e. The Bertz CT molecular complexity index is 1270. The highest BCUT2D eigenvalue weighted by molar-refractivity contribution is 7.89. The fourth-order valence-electron chi connectivity index (χ4n) is 4.02. The maximum atomic E-state index is 13.2. The maximum absolute atomic E-state index is 13.2. The second-order valence-electron chi connectivity index (χ2n) is 7.83. The van der Waals surface area contributed by atoms with E-state index in [0.717, 1.165) is 15.4 Å². The monoisotopic (exact) mass is 445 g/mol. The van der Waals surface area contributed by atoms with Crippen LogP contribution in [0.5, 0.6) is 0 Å². The van der Waals surface area contributed by atoms with Crippen LogP contribution in [-0.2, 0) is 21.4 Å². The van der Waals surface area contributed by atoms with E-state index in [1.165, 1.54) is 36.9 Å². The Morgan fingerprint density at radius 3 is 2.38 bits per heavy atom. The minimum absolute atomic E-state index is 0.0329. The number of nitriles is 1. The van der Waals surface area contributed by atoms with E-state index in [2.05, 4.69) is 18.2 Å². The number of sulfonamides is 1. The van der Waals surface area contributed by atoms with Gasteiger partial charge in [-0.05, 0) is 41.0 Å². The second-order valence-corrected chi connectivity index (χ2v) is 9.88. The number of hydrogen-bond donors (Lipinski definition) is 0. The molecule has 0 spiro atoms. The van der Waals surface area contributed by atoms with Gasteiger partial charge in [0, 0.05) is 26.1 Å². The molecule has 0 aliphatic carbocycles. The molecule has 0 saturated heterocycles. The number of carbonyl (C=O) groups excluding carboxylic acids is 1. The van der Waals surface area contributed by atoms with Crippen molar-refractivity contribution >= 4 is 15.9 Å². The van der Waals surface area contributed by atoms with E-state index >= 15 is 0 Å². The van der Waals surface area contributed by atoms with E-state index in [9.17, 15) is 13.2 Å². The first-order chi connectivity index (χ1) is 15.4. The van der Waals surface area contributed by atoms with Crippen molar-refractivity contribution < 1.29 is 13.2 Å². The number of rotatable bonds is 5. The van der Waals surface area contributed by atoms with Gasteiger partial charge in [0.1, 0.15) is 0 Å². The van der Waals surface area contributed by atoms with Gasteiger partial charge in [-0.15, -0.1) is 0 Å². The molecule has 6 nitrogen and oxygen atoms in total. The zero-order chi connectivity index (χ0) is 22.7. The Balaban J connectivity index is 1.55. The molecule has 0 N–H and O–H groups in total.